The van der Waals surface area contributed by atoms with Gasteiger partial charge in [0.2, 0.25) is 0 Å². The van der Waals surface area contributed by atoms with Crippen LogP contribution in [0.3, 0.4) is 0 Å². The number of hydrogen-bond donors (Lipinski definition) is 0. The average Bonchev–Trinajstić information content (AvgIpc) is 3.01. The van der Waals surface area contributed by atoms with Crippen molar-refractivity contribution in [3.8, 4) is 0 Å². The predicted octanol–water partition coefficient (Wildman–Crippen LogP) is 4.12. The lowest BCUT2D eigenvalue weighted by molar-refractivity contribution is 0.254. The Morgan fingerprint density at radius 2 is 2.12 bits per heavy atom. The van der Waals surface area contributed by atoms with Crippen LogP contribution in [0, 0.1) is 11.8 Å². The summed E-state index contributed by atoms with van der Waals surface area (Å²) in [6, 6.07) is 1.59. The molecule has 17 heavy (non-hydrogen) atoms. The van der Waals surface area contributed by atoms with E-state index in [-0.39, 0.29) is 0 Å². The minimum atomic E-state index is 0.709. The molecule has 0 amide bonds. The summed E-state index contributed by atoms with van der Waals surface area (Å²) in [5, 5.41) is 0. The second kappa shape index (κ2) is 4.51. The van der Waals surface area contributed by atoms with Crippen molar-refractivity contribution in [3.63, 3.8) is 0 Å². The summed E-state index contributed by atoms with van der Waals surface area (Å²) in [4.78, 5) is 2.70. The summed E-state index contributed by atoms with van der Waals surface area (Å²) < 4.78 is 0. The van der Waals surface area contributed by atoms with Crippen molar-refractivity contribution in [1.82, 2.24) is 4.90 Å². The van der Waals surface area contributed by atoms with Crippen LogP contribution < -0.4 is 0 Å². The van der Waals surface area contributed by atoms with Crippen molar-refractivity contribution in [2.45, 2.75) is 64.5 Å². The molecule has 1 aliphatic carbocycles. The number of rotatable bonds is 2. The molecule has 0 radical (unpaired) electrons. The van der Waals surface area contributed by atoms with Crippen molar-refractivity contribution in [2.24, 2.45) is 11.8 Å². The van der Waals surface area contributed by atoms with Gasteiger partial charge in [-0.3, -0.25) is 0 Å². The molecule has 2 heterocycles. The van der Waals surface area contributed by atoms with Crippen LogP contribution in [0.25, 0.3) is 0 Å². The minimum Gasteiger partial charge on any atom is -0.368 e. The third-order valence-corrected chi connectivity index (χ3v) is 4.47. The molecule has 1 nitrogen and oxygen atoms in total. The third kappa shape index (κ3) is 2.43. The molecule has 0 aromatic rings. The maximum Gasteiger partial charge on any atom is 0.0474 e. The van der Waals surface area contributed by atoms with Crippen molar-refractivity contribution < 1.29 is 0 Å². The third-order valence-electron chi connectivity index (χ3n) is 4.47. The van der Waals surface area contributed by atoms with Crippen LogP contribution in [-0.2, 0) is 0 Å². The summed E-state index contributed by atoms with van der Waals surface area (Å²) in [5.74, 6) is 1.79. The molecule has 1 saturated carbocycles. The highest BCUT2D eigenvalue weighted by molar-refractivity contribution is 5.27. The van der Waals surface area contributed by atoms with Gasteiger partial charge >= 0.3 is 0 Å². The van der Waals surface area contributed by atoms with Crippen LogP contribution in [0.1, 0.15) is 52.4 Å². The van der Waals surface area contributed by atoms with Gasteiger partial charge in [-0.05, 0) is 43.1 Å². The van der Waals surface area contributed by atoms with Crippen molar-refractivity contribution in [3.05, 3.63) is 23.9 Å². The molecular weight excluding hydrogens is 206 g/mol. The van der Waals surface area contributed by atoms with Gasteiger partial charge in [-0.2, -0.15) is 0 Å². The van der Waals surface area contributed by atoms with Crippen molar-refractivity contribution in [1.29, 1.82) is 0 Å². The molecule has 1 saturated heterocycles. The predicted molar refractivity (Wildman–Crippen MR) is 72.7 cm³/mol. The number of allylic oxidation sites excluding steroid dienone is 2. The van der Waals surface area contributed by atoms with E-state index in [4.69, 9.17) is 0 Å². The van der Waals surface area contributed by atoms with Crippen LogP contribution in [0.2, 0.25) is 0 Å². The first-order chi connectivity index (χ1) is 8.24. The van der Waals surface area contributed by atoms with Crippen LogP contribution >= 0.6 is 0 Å². The van der Waals surface area contributed by atoms with Gasteiger partial charge in [0.05, 0.1) is 0 Å². The van der Waals surface area contributed by atoms with E-state index in [2.05, 4.69) is 37.1 Å². The first-order valence-corrected chi connectivity index (χ1v) is 7.40. The Kier molecular flexibility index (Phi) is 3.02. The summed E-state index contributed by atoms with van der Waals surface area (Å²) in [6.45, 7) is 4.63. The molecular formula is C16H25N. The summed E-state index contributed by atoms with van der Waals surface area (Å²) in [7, 11) is 0. The highest BCUT2D eigenvalue weighted by Crippen LogP contribution is 2.44. The topological polar surface area (TPSA) is 3.24 Å². The lowest BCUT2D eigenvalue weighted by atomic mass is 9.96. The van der Waals surface area contributed by atoms with Gasteiger partial charge in [0.25, 0.3) is 0 Å². The van der Waals surface area contributed by atoms with E-state index in [1.54, 1.807) is 5.57 Å². The van der Waals surface area contributed by atoms with Gasteiger partial charge < -0.3 is 4.90 Å². The zero-order valence-corrected chi connectivity index (χ0v) is 11.2. The maximum absolute atomic E-state index is 2.70. The molecule has 1 heteroatoms. The van der Waals surface area contributed by atoms with Gasteiger partial charge in [-0.15, -0.1) is 0 Å². The fourth-order valence-electron chi connectivity index (χ4n) is 3.51. The quantitative estimate of drug-likeness (QED) is 0.691. The van der Waals surface area contributed by atoms with E-state index in [1.807, 2.05) is 0 Å². The summed E-state index contributed by atoms with van der Waals surface area (Å²) in [6.07, 6.45) is 15.8. The number of nitrogens with zero attached hydrogens (tertiary/aromatic N) is 1. The van der Waals surface area contributed by atoms with Crippen molar-refractivity contribution >= 4 is 0 Å². The Morgan fingerprint density at radius 3 is 2.94 bits per heavy atom. The average molecular weight is 231 g/mol. The van der Waals surface area contributed by atoms with Gasteiger partial charge in [-0.25, -0.2) is 0 Å². The standard InChI is InChI=1S/C16H25N/c1-12(2)9-13-7-8-15-6-4-3-5-14-10-16(14)17(15)11-13/h7-8,11-12,14-16H,3-6,9-10H2,1-2H3. The zero-order chi connectivity index (χ0) is 11.8. The monoisotopic (exact) mass is 231 g/mol. The minimum absolute atomic E-state index is 0.709. The molecule has 2 fully saturated rings. The van der Waals surface area contributed by atoms with Gasteiger partial charge in [-0.1, -0.05) is 38.8 Å². The molecule has 3 unspecified atom stereocenters. The van der Waals surface area contributed by atoms with Crippen LogP contribution in [-0.4, -0.2) is 17.0 Å². The van der Waals surface area contributed by atoms with E-state index in [0.29, 0.717) is 6.04 Å². The molecule has 0 bridgehead atoms. The van der Waals surface area contributed by atoms with E-state index in [1.165, 1.54) is 38.5 Å². The van der Waals surface area contributed by atoms with Crippen molar-refractivity contribution in [2.75, 3.05) is 0 Å². The Morgan fingerprint density at radius 1 is 1.29 bits per heavy atom. The lowest BCUT2D eigenvalue weighted by Gasteiger charge is -2.34. The molecule has 94 valence electrons. The van der Waals surface area contributed by atoms with E-state index >= 15 is 0 Å². The molecule has 3 aliphatic rings. The van der Waals surface area contributed by atoms with E-state index in [9.17, 15) is 0 Å². The largest absolute Gasteiger partial charge is 0.368 e. The van der Waals surface area contributed by atoms with Gasteiger partial charge in [0.15, 0.2) is 0 Å². The van der Waals surface area contributed by atoms with Crippen LogP contribution in [0.15, 0.2) is 23.9 Å². The Balaban J connectivity index is 1.74. The number of hydrogen-bond acceptors (Lipinski definition) is 1. The molecule has 0 aromatic heterocycles. The first-order valence-electron chi connectivity index (χ1n) is 7.40. The van der Waals surface area contributed by atoms with E-state index < -0.39 is 0 Å². The molecule has 0 aromatic carbocycles. The zero-order valence-electron chi connectivity index (χ0n) is 11.2. The Bertz CT molecular complexity index is 339. The van der Waals surface area contributed by atoms with Crippen LogP contribution in [0.4, 0.5) is 0 Å². The maximum atomic E-state index is 2.70. The van der Waals surface area contributed by atoms with Crippen LogP contribution in [0.5, 0.6) is 0 Å². The smallest absolute Gasteiger partial charge is 0.0474 e. The fourth-order valence-corrected chi connectivity index (χ4v) is 3.51. The molecule has 0 N–H and O–H groups in total. The van der Waals surface area contributed by atoms with Gasteiger partial charge in [0.1, 0.15) is 0 Å². The SMILES string of the molecule is CC(C)CC1=CN2C(C=C1)CCCCC1CC12. The fraction of sp³-hybridized carbons (Fsp3) is 0.750. The highest BCUT2D eigenvalue weighted by Gasteiger charge is 2.43. The normalized spacial score (nSPS) is 35.8. The van der Waals surface area contributed by atoms with Gasteiger partial charge in [0, 0.05) is 18.3 Å². The highest BCUT2D eigenvalue weighted by atomic mass is 15.2. The van der Waals surface area contributed by atoms with E-state index in [0.717, 1.165) is 17.9 Å². The number of fused-ring (bicyclic) bond motifs is 3. The summed E-state index contributed by atoms with van der Waals surface area (Å²) >= 11 is 0. The Hall–Kier alpha value is -0.720. The summed E-state index contributed by atoms with van der Waals surface area (Å²) in [5.41, 5.74) is 1.54. The Labute approximate surface area is 106 Å². The molecule has 2 aliphatic heterocycles. The second-order valence-corrected chi connectivity index (χ2v) is 6.52. The molecule has 0 spiro atoms. The second-order valence-electron chi connectivity index (χ2n) is 6.52. The first kappa shape index (κ1) is 11.4. The molecule has 3 rings (SSSR count). The lowest BCUT2D eigenvalue weighted by Crippen LogP contribution is -2.35. The molecule has 3 atom stereocenters.